The summed E-state index contributed by atoms with van der Waals surface area (Å²) in [5, 5.41) is 20.2. The van der Waals surface area contributed by atoms with E-state index in [2.05, 4.69) is 6.58 Å². The van der Waals surface area contributed by atoms with Crippen molar-refractivity contribution >= 4 is 5.69 Å². The van der Waals surface area contributed by atoms with Gasteiger partial charge >= 0.3 is 0 Å². The van der Waals surface area contributed by atoms with Crippen molar-refractivity contribution in [3.05, 3.63) is 46.0 Å². The highest BCUT2D eigenvalue weighted by atomic mass is 16.6. The summed E-state index contributed by atoms with van der Waals surface area (Å²) in [6.07, 6.45) is -0.824. The molecule has 1 rings (SSSR count). The summed E-state index contributed by atoms with van der Waals surface area (Å²) in [6.45, 7) is 7.36. The van der Waals surface area contributed by atoms with Crippen molar-refractivity contribution in [2.75, 3.05) is 6.61 Å². The van der Waals surface area contributed by atoms with Gasteiger partial charge in [0.15, 0.2) is 0 Å². The molecular formula is C12H15NO4. The number of aliphatic hydroxyl groups excluding tert-OH is 1. The number of nitrogens with zero attached hydrogens (tertiary/aromatic N) is 1. The van der Waals surface area contributed by atoms with E-state index in [4.69, 9.17) is 4.74 Å². The van der Waals surface area contributed by atoms with Gasteiger partial charge in [-0.2, -0.15) is 0 Å². The lowest BCUT2D eigenvalue weighted by atomic mass is 10.1. The van der Waals surface area contributed by atoms with Gasteiger partial charge in [-0.05, 0) is 25.5 Å². The molecule has 0 aliphatic heterocycles. The Balaban J connectivity index is 3.04. The summed E-state index contributed by atoms with van der Waals surface area (Å²) >= 11 is 0. The second kappa shape index (κ2) is 5.45. The Morgan fingerprint density at radius 2 is 2.29 bits per heavy atom. The zero-order valence-corrected chi connectivity index (χ0v) is 9.84. The molecule has 5 nitrogen and oxygen atoms in total. The van der Waals surface area contributed by atoms with Gasteiger partial charge in [-0.25, -0.2) is 0 Å². The van der Waals surface area contributed by atoms with Crippen LogP contribution in [0.15, 0.2) is 30.4 Å². The minimum absolute atomic E-state index is 0.0661. The van der Waals surface area contributed by atoms with E-state index < -0.39 is 11.0 Å². The maximum atomic E-state index is 10.6. The van der Waals surface area contributed by atoms with Crippen molar-refractivity contribution in [3.63, 3.8) is 0 Å². The van der Waals surface area contributed by atoms with Gasteiger partial charge in [0.25, 0.3) is 5.69 Å². The fourth-order valence-electron chi connectivity index (χ4n) is 1.31. The van der Waals surface area contributed by atoms with Crippen molar-refractivity contribution in [1.29, 1.82) is 0 Å². The summed E-state index contributed by atoms with van der Waals surface area (Å²) in [6, 6.07) is 4.15. The van der Waals surface area contributed by atoms with Crippen molar-refractivity contribution in [1.82, 2.24) is 0 Å². The molecular weight excluding hydrogens is 222 g/mol. The molecule has 0 saturated heterocycles. The molecule has 5 heteroatoms. The fraction of sp³-hybridized carbons (Fsp3) is 0.333. The van der Waals surface area contributed by atoms with Gasteiger partial charge in [-0.3, -0.25) is 10.1 Å². The monoisotopic (exact) mass is 237 g/mol. The van der Waals surface area contributed by atoms with E-state index in [1.807, 2.05) is 6.92 Å². The van der Waals surface area contributed by atoms with Gasteiger partial charge in [-0.1, -0.05) is 6.58 Å². The first-order chi connectivity index (χ1) is 7.91. The highest BCUT2D eigenvalue weighted by Gasteiger charge is 2.15. The van der Waals surface area contributed by atoms with Crippen molar-refractivity contribution in [3.8, 4) is 5.75 Å². The Hall–Kier alpha value is -1.88. The third-order valence-electron chi connectivity index (χ3n) is 2.13. The average molecular weight is 237 g/mol. The molecule has 0 amide bonds. The second-order valence-corrected chi connectivity index (χ2v) is 3.90. The number of ether oxygens (including phenoxy) is 1. The third-order valence-corrected chi connectivity index (χ3v) is 2.13. The molecule has 0 aliphatic rings. The number of rotatable bonds is 5. The molecule has 1 aromatic carbocycles. The van der Waals surface area contributed by atoms with E-state index in [9.17, 15) is 15.2 Å². The maximum Gasteiger partial charge on any atom is 0.270 e. The van der Waals surface area contributed by atoms with Crippen LogP contribution in [0.25, 0.3) is 0 Å². The summed E-state index contributed by atoms with van der Waals surface area (Å²) in [5.74, 6) is 0.439. The average Bonchev–Trinajstić information content (AvgIpc) is 2.25. The third kappa shape index (κ3) is 3.57. The lowest BCUT2D eigenvalue weighted by Crippen LogP contribution is -2.03. The first-order valence-corrected chi connectivity index (χ1v) is 5.15. The molecule has 1 aromatic rings. The SMILES string of the molecule is C=C(C)COc1ccc([N+](=O)[O-])cc1[C@@H](C)O. The van der Waals surface area contributed by atoms with Crippen LogP contribution >= 0.6 is 0 Å². The number of hydrogen-bond acceptors (Lipinski definition) is 4. The van der Waals surface area contributed by atoms with Gasteiger partial charge in [0.2, 0.25) is 0 Å². The van der Waals surface area contributed by atoms with Crippen LogP contribution in [-0.4, -0.2) is 16.6 Å². The number of nitro groups is 1. The van der Waals surface area contributed by atoms with Crippen LogP contribution in [-0.2, 0) is 0 Å². The largest absolute Gasteiger partial charge is 0.489 e. The predicted octanol–water partition coefficient (Wildman–Crippen LogP) is 2.60. The number of non-ortho nitro benzene ring substituents is 1. The molecule has 0 saturated carbocycles. The molecule has 1 atom stereocenters. The zero-order chi connectivity index (χ0) is 13.0. The summed E-state index contributed by atoms with van der Waals surface area (Å²) < 4.78 is 5.41. The first kappa shape index (κ1) is 13.2. The molecule has 0 spiro atoms. The highest BCUT2D eigenvalue weighted by molar-refractivity contribution is 5.44. The molecule has 17 heavy (non-hydrogen) atoms. The Bertz CT molecular complexity index is 440. The quantitative estimate of drug-likeness (QED) is 0.485. The lowest BCUT2D eigenvalue weighted by Gasteiger charge is -2.13. The minimum atomic E-state index is -0.824. The minimum Gasteiger partial charge on any atom is -0.489 e. The Labute approximate surface area is 99.5 Å². The summed E-state index contributed by atoms with van der Waals surface area (Å²) in [7, 11) is 0. The molecule has 0 aliphatic carbocycles. The number of aliphatic hydroxyl groups is 1. The normalized spacial score (nSPS) is 11.9. The molecule has 0 bridgehead atoms. The van der Waals surface area contributed by atoms with Crippen LogP contribution < -0.4 is 4.74 Å². The van der Waals surface area contributed by atoms with Gasteiger partial charge < -0.3 is 9.84 Å². The molecule has 1 N–H and O–H groups in total. The Kier molecular flexibility index (Phi) is 4.23. The van der Waals surface area contributed by atoms with Crippen LogP contribution in [0.5, 0.6) is 5.75 Å². The van der Waals surface area contributed by atoms with Crippen LogP contribution in [0.4, 0.5) is 5.69 Å². The van der Waals surface area contributed by atoms with Crippen LogP contribution in [0, 0.1) is 10.1 Å². The Morgan fingerprint density at radius 1 is 1.65 bits per heavy atom. The van der Waals surface area contributed by atoms with Gasteiger partial charge in [0.05, 0.1) is 11.0 Å². The molecule has 92 valence electrons. The van der Waals surface area contributed by atoms with Crippen molar-refractivity contribution < 1.29 is 14.8 Å². The second-order valence-electron chi connectivity index (χ2n) is 3.90. The first-order valence-electron chi connectivity index (χ1n) is 5.15. The van der Waals surface area contributed by atoms with E-state index in [1.54, 1.807) is 0 Å². The fourth-order valence-corrected chi connectivity index (χ4v) is 1.31. The molecule has 0 heterocycles. The van der Waals surface area contributed by atoms with Crippen LogP contribution in [0.2, 0.25) is 0 Å². The van der Waals surface area contributed by atoms with Gasteiger partial charge in [0, 0.05) is 17.7 Å². The van der Waals surface area contributed by atoms with E-state index in [0.717, 1.165) is 5.57 Å². The molecule has 0 fully saturated rings. The maximum absolute atomic E-state index is 10.6. The topological polar surface area (TPSA) is 72.6 Å². The van der Waals surface area contributed by atoms with E-state index in [1.165, 1.54) is 25.1 Å². The highest BCUT2D eigenvalue weighted by Crippen LogP contribution is 2.29. The molecule has 0 aromatic heterocycles. The van der Waals surface area contributed by atoms with E-state index in [-0.39, 0.29) is 5.69 Å². The number of hydrogen-bond donors (Lipinski definition) is 1. The van der Waals surface area contributed by atoms with Crippen molar-refractivity contribution in [2.24, 2.45) is 0 Å². The van der Waals surface area contributed by atoms with E-state index >= 15 is 0 Å². The van der Waals surface area contributed by atoms with Gasteiger partial charge in [0.1, 0.15) is 12.4 Å². The molecule has 0 radical (unpaired) electrons. The smallest absolute Gasteiger partial charge is 0.270 e. The summed E-state index contributed by atoms with van der Waals surface area (Å²) in [4.78, 5) is 10.1. The number of nitro benzene ring substituents is 1. The standard InChI is InChI=1S/C12H15NO4/c1-8(2)7-17-12-5-4-10(13(15)16)6-11(12)9(3)14/h4-6,9,14H,1,7H2,2-3H3/t9-/m1/s1. The lowest BCUT2D eigenvalue weighted by molar-refractivity contribution is -0.385. The van der Waals surface area contributed by atoms with Gasteiger partial charge in [-0.15, -0.1) is 0 Å². The zero-order valence-electron chi connectivity index (χ0n) is 9.84. The van der Waals surface area contributed by atoms with E-state index in [0.29, 0.717) is 17.9 Å². The van der Waals surface area contributed by atoms with Crippen molar-refractivity contribution in [2.45, 2.75) is 20.0 Å². The summed E-state index contributed by atoms with van der Waals surface area (Å²) in [5.41, 5.74) is 1.17. The van der Waals surface area contributed by atoms with Crippen LogP contribution in [0.1, 0.15) is 25.5 Å². The number of benzene rings is 1. The van der Waals surface area contributed by atoms with Crippen LogP contribution in [0.3, 0.4) is 0 Å². The predicted molar refractivity (Wildman–Crippen MR) is 64.0 cm³/mol. The Morgan fingerprint density at radius 3 is 2.76 bits per heavy atom. The molecule has 0 unspecified atom stereocenters.